The lowest BCUT2D eigenvalue weighted by Crippen LogP contribution is -2.04. The summed E-state index contributed by atoms with van der Waals surface area (Å²) in [6, 6.07) is 19.0. The monoisotopic (exact) mass is 402 g/mol. The Labute approximate surface area is 173 Å². The van der Waals surface area contributed by atoms with Crippen LogP contribution < -0.4 is 14.8 Å². The summed E-state index contributed by atoms with van der Waals surface area (Å²) in [5.41, 5.74) is 2.07. The Kier molecular flexibility index (Phi) is 6.10. The van der Waals surface area contributed by atoms with Crippen molar-refractivity contribution in [2.45, 2.75) is 13.2 Å². The number of pyridine rings is 1. The third kappa shape index (κ3) is 5.51. The second kappa shape index (κ2) is 9.47. The van der Waals surface area contributed by atoms with Crippen molar-refractivity contribution in [2.75, 3.05) is 5.32 Å². The van der Waals surface area contributed by atoms with E-state index < -0.39 is 0 Å². The average molecular weight is 402 g/mol. The van der Waals surface area contributed by atoms with Gasteiger partial charge in [-0.05, 0) is 48.0 Å². The van der Waals surface area contributed by atoms with Gasteiger partial charge in [-0.15, -0.1) is 0 Å². The summed E-state index contributed by atoms with van der Waals surface area (Å²) in [4.78, 5) is 12.6. The quantitative estimate of drug-likeness (QED) is 0.448. The highest BCUT2D eigenvalue weighted by atomic mass is 19.1. The molecule has 0 radical (unpaired) electrons. The van der Waals surface area contributed by atoms with Gasteiger partial charge in [0.2, 0.25) is 11.8 Å². The molecule has 4 aromatic rings. The van der Waals surface area contributed by atoms with Gasteiger partial charge in [-0.1, -0.05) is 18.2 Å². The Hall–Kier alpha value is -4.00. The molecule has 0 saturated heterocycles. The maximum Gasteiger partial charge on any atom is 0.226 e. The Morgan fingerprint density at radius 2 is 1.63 bits per heavy atom. The number of rotatable bonds is 8. The third-order valence-corrected chi connectivity index (χ3v) is 4.17. The third-order valence-electron chi connectivity index (χ3n) is 4.17. The van der Waals surface area contributed by atoms with Crippen molar-refractivity contribution in [2.24, 2.45) is 0 Å². The molecule has 2 aromatic carbocycles. The number of ether oxygens (including phenoxy) is 2. The lowest BCUT2D eigenvalue weighted by Gasteiger charge is -2.09. The summed E-state index contributed by atoms with van der Waals surface area (Å²) in [7, 11) is 0. The van der Waals surface area contributed by atoms with Gasteiger partial charge in [0, 0.05) is 36.8 Å². The van der Waals surface area contributed by atoms with Gasteiger partial charge >= 0.3 is 0 Å². The van der Waals surface area contributed by atoms with E-state index >= 15 is 0 Å². The summed E-state index contributed by atoms with van der Waals surface area (Å²) in [6.07, 6.45) is 5.12. The minimum Gasteiger partial charge on any atom is -0.489 e. The second-order valence-corrected chi connectivity index (χ2v) is 6.42. The van der Waals surface area contributed by atoms with E-state index in [0.29, 0.717) is 30.7 Å². The summed E-state index contributed by atoms with van der Waals surface area (Å²) in [5.74, 6) is 1.78. The van der Waals surface area contributed by atoms with Gasteiger partial charge < -0.3 is 14.8 Å². The van der Waals surface area contributed by atoms with Gasteiger partial charge in [-0.2, -0.15) is 4.98 Å². The fraction of sp³-hybridized carbons (Fsp3) is 0.0870. The Morgan fingerprint density at radius 1 is 0.833 bits per heavy atom. The minimum atomic E-state index is -0.319. The second-order valence-electron chi connectivity index (χ2n) is 6.42. The first-order valence-corrected chi connectivity index (χ1v) is 9.35. The molecule has 7 heteroatoms. The smallest absolute Gasteiger partial charge is 0.226 e. The number of anilines is 1. The molecule has 30 heavy (non-hydrogen) atoms. The molecule has 6 nitrogen and oxygen atoms in total. The SMILES string of the molecule is Fc1ccc(Oc2ccnc(NCc3ccc(OCc4cccnc4)cc3)n2)cc1. The highest BCUT2D eigenvalue weighted by molar-refractivity contribution is 5.34. The maximum absolute atomic E-state index is 13.0. The van der Waals surface area contributed by atoms with E-state index in [4.69, 9.17) is 9.47 Å². The molecule has 150 valence electrons. The van der Waals surface area contributed by atoms with E-state index in [2.05, 4.69) is 20.3 Å². The van der Waals surface area contributed by atoms with Crippen LogP contribution in [0, 0.1) is 5.82 Å². The molecular formula is C23H19FN4O2. The molecule has 0 amide bonds. The van der Waals surface area contributed by atoms with Crippen LogP contribution in [-0.2, 0) is 13.2 Å². The number of hydrogen-bond donors (Lipinski definition) is 1. The van der Waals surface area contributed by atoms with Gasteiger partial charge in [0.1, 0.15) is 23.9 Å². The zero-order chi connectivity index (χ0) is 20.6. The lowest BCUT2D eigenvalue weighted by molar-refractivity contribution is 0.305. The summed E-state index contributed by atoms with van der Waals surface area (Å²) in [5, 5.41) is 3.16. The summed E-state index contributed by atoms with van der Waals surface area (Å²) >= 11 is 0. The molecule has 0 unspecified atom stereocenters. The van der Waals surface area contributed by atoms with Gasteiger partial charge in [0.05, 0.1) is 0 Å². The average Bonchev–Trinajstić information content (AvgIpc) is 2.79. The van der Waals surface area contributed by atoms with Crippen molar-refractivity contribution in [3.8, 4) is 17.4 Å². The number of hydrogen-bond acceptors (Lipinski definition) is 6. The van der Waals surface area contributed by atoms with Gasteiger partial charge in [-0.25, -0.2) is 9.37 Å². The van der Waals surface area contributed by atoms with E-state index in [1.807, 2.05) is 36.4 Å². The molecule has 4 rings (SSSR count). The van der Waals surface area contributed by atoms with E-state index in [1.54, 1.807) is 36.8 Å². The van der Waals surface area contributed by atoms with Gasteiger partial charge in [0.25, 0.3) is 0 Å². The van der Waals surface area contributed by atoms with Crippen LogP contribution in [0.4, 0.5) is 10.3 Å². The van der Waals surface area contributed by atoms with E-state index in [-0.39, 0.29) is 5.82 Å². The topological polar surface area (TPSA) is 69.2 Å². The summed E-state index contributed by atoms with van der Waals surface area (Å²) in [6.45, 7) is 1.02. The van der Waals surface area contributed by atoms with Crippen LogP contribution in [0.5, 0.6) is 17.4 Å². The van der Waals surface area contributed by atoms with Crippen LogP contribution in [0.1, 0.15) is 11.1 Å². The molecule has 0 atom stereocenters. The molecule has 0 aliphatic heterocycles. The van der Waals surface area contributed by atoms with Crippen molar-refractivity contribution in [3.05, 3.63) is 102 Å². The zero-order valence-electron chi connectivity index (χ0n) is 16.0. The zero-order valence-corrected chi connectivity index (χ0v) is 16.0. The molecule has 1 N–H and O–H groups in total. The first-order chi connectivity index (χ1) is 14.7. The number of aromatic nitrogens is 3. The molecule has 2 aromatic heterocycles. The number of benzene rings is 2. The normalized spacial score (nSPS) is 10.4. The van der Waals surface area contributed by atoms with Crippen LogP contribution in [0.3, 0.4) is 0 Å². The van der Waals surface area contributed by atoms with E-state index in [0.717, 1.165) is 16.9 Å². The Morgan fingerprint density at radius 3 is 2.40 bits per heavy atom. The van der Waals surface area contributed by atoms with E-state index in [9.17, 15) is 4.39 Å². The molecule has 0 spiro atoms. The molecule has 0 aliphatic rings. The number of nitrogens with zero attached hydrogens (tertiary/aromatic N) is 3. The van der Waals surface area contributed by atoms with Crippen molar-refractivity contribution < 1.29 is 13.9 Å². The standard InChI is InChI=1S/C23H19FN4O2/c24-19-5-9-21(10-6-19)30-22-11-13-26-23(28-22)27-15-17-3-7-20(8-4-17)29-16-18-2-1-12-25-14-18/h1-14H,15-16H2,(H,26,27,28). The van der Waals surface area contributed by atoms with Crippen LogP contribution in [-0.4, -0.2) is 15.0 Å². The fourth-order valence-corrected chi connectivity index (χ4v) is 2.64. The molecule has 2 heterocycles. The number of halogens is 1. The Bertz CT molecular complexity index is 1070. The largest absolute Gasteiger partial charge is 0.489 e. The van der Waals surface area contributed by atoms with Crippen molar-refractivity contribution in [3.63, 3.8) is 0 Å². The molecule has 0 saturated carbocycles. The van der Waals surface area contributed by atoms with E-state index in [1.165, 1.54) is 12.1 Å². The molecule has 0 bridgehead atoms. The first-order valence-electron chi connectivity index (χ1n) is 9.35. The Balaban J connectivity index is 1.30. The number of nitrogens with one attached hydrogen (secondary N) is 1. The maximum atomic E-state index is 13.0. The highest BCUT2D eigenvalue weighted by Gasteiger charge is 2.03. The van der Waals surface area contributed by atoms with Crippen LogP contribution in [0.25, 0.3) is 0 Å². The lowest BCUT2D eigenvalue weighted by atomic mass is 10.2. The van der Waals surface area contributed by atoms with Gasteiger partial charge in [-0.3, -0.25) is 4.98 Å². The fourth-order valence-electron chi connectivity index (χ4n) is 2.64. The first kappa shape index (κ1) is 19.3. The predicted octanol–water partition coefficient (Wildman–Crippen LogP) is 4.99. The summed E-state index contributed by atoms with van der Waals surface area (Å²) < 4.78 is 24.4. The van der Waals surface area contributed by atoms with Crippen molar-refractivity contribution in [1.82, 2.24) is 15.0 Å². The van der Waals surface area contributed by atoms with Crippen molar-refractivity contribution in [1.29, 1.82) is 0 Å². The van der Waals surface area contributed by atoms with Gasteiger partial charge in [0.15, 0.2) is 0 Å². The highest BCUT2D eigenvalue weighted by Crippen LogP contribution is 2.20. The molecule has 0 aliphatic carbocycles. The van der Waals surface area contributed by atoms with Crippen molar-refractivity contribution >= 4 is 5.95 Å². The predicted molar refractivity (Wildman–Crippen MR) is 111 cm³/mol. The molecule has 0 fully saturated rings. The molecular weight excluding hydrogens is 383 g/mol. The van der Waals surface area contributed by atoms with Crippen LogP contribution in [0.15, 0.2) is 85.3 Å². The van der Waals surface area contributed by atoms with Crippen LogP contribution >= 0.6 is 0 Å². The minimum absolute atomic E-state index is 0.319. The van der Waals surface area contributed by atoms with Crippen LogP contribution in [0.2, 0.25) is 0 Å².